The molecule has 0 aliphatic carbocycles. The predicted octanol–water partition coefficient (Wildman–Crippen LogP) is 2.76. The number of carbonyl (C=O) groups excluding carboxylic acids is 3. The first kappa shape index (κ1) is 19.6. The van der Waals surface area contributed by atoms with Crippen LogP contribution in [0, 0.1) is 0 Å². The average Bonchev–Trinajstić information content (AvgIpc) is 3.45. The van der Waals surface area contributed by atoms with Crippen LogP contribution < -0.4 is 4.90 Å². The second kappa shape index (κ2) is 7.94. The molecule has 2 aromatic rings. The van der Waals surface area contributed by atoms with E-state index in [2.05, 4.69) is 0 Å². The van der Waals surface area contributed by atoms with Gasteiger partial charge in [-0.25, -0.2) is 4.79 Å². The number of hydrogen-bond acceptors (Lipinski definition) is 6. The summed E-state index contributed by atoms with van der Waals surface area (Å²) < 4.78 is 10.9. The Kier molecular flexibility index (Phi) is 5.36. The van der Waals surface area contributed by atoms with Crippen LogP contribution in [0.3, 0.4) is 0 Å². The maximum absolute atomic E-state index is 12.9. The molecule has 2 amide bonds. The van der Waals surface area contributed by atoms with Crippen LogP contribution in [0.2, 0.25) is 0 Å². The minimum absolute atomic E-state index is 0.245. The summed E-state index contributed by atoms with van der Waals surface area (Å²) in [7, 11) is 0. The molecular weight excluding hydrogens is 392 g/mol. The Bertz CT molecular complexity index is 929. The highest BCUT2D eigenvalue weighted by Gasteiger charge is 2.44. The van der Waals surface area contributed by atoms with Gasteiger partial charge in [0, 0.05) is 24.9 Å². The molecule has 1 saturated heterocycles. The number of benzene rings is 1. The first-order chi connectivity index (χ1) is 14.0. The standard InChI is InChI=1S/C21H22N2O5S/c1-13(19(25)22-10-9-15-6-3-4-7-16(15)22)28-21(26)17-12-29-20(23(17)14(2)24)18-8-5-11-27-18/h3-8,11,13,17,20H,9-10,12H2,1-2H3/t13-,17+,20-/m1/s1. The molecule has 0 N–H and O–H groups in total. The van der Waals surface area contributed by atoms with Crippen molar-refractivity contribution in [3.63, 3.8) is 0 Å². The molecule has 8 heteroatoms. The Morgan fingerprint density at radius 3 is 2.72 bits per heavy atom. The van der Waals surface area contributed by atoms with Gasteiger partial charge in [0.1, 0.15) is 17.2 Å². The average molecular weight is 414 g/mol. The molecule has 29 heavy (non-hydrogen) atoms. The molecule has 1 aromatic heterocycles. The number of para-hydroxylation sites is 1. The zero-order valence-corrected chi connectivity index (χ0v) is 17.1. The normalized spacial score (nSPS) is 21.7. The topological polar surface area (TPSA) is 80.1 Å². The van der Waals surface area contributed by atoms with E-state index in [1.807, 2.05) is 24.3 Å². The van der Waals surface area contributed by atoms with Crippen LogP contribution in [0.25, 0.3) is 0 Å². The van der Waals surface area contributed by atoms with E-state index in [-0.39, 0.29) is 17.2 Å². The fraction of sp³-hybridized carbons (Fsp3) is 0.381. The van der Waals surface area contributed by atoms with Gasteiger partial charge in [0.25, 0.3) is 5.91 Å². The lowest BCUT2D eigenvalue weighted by Crippen LogP contribution is -2.46. The number of esters is 1. The van der Waals surface area contributed by atoms with E-state index in [1.54, 1.807) is 24.0 Å². The van der Waals surface area contributed by atoms with E-state index < -0.39 is 18.1 Å². The number of rotatable bonds is 4. The SMILES string of the molecule is CC(=O)N1[C@@H](c2ccco2)SC[C@H]1C(=O)O[C@H](C)C(=O)N1CCc2ccccc21. The molecular formula is C21H22N2O5S. The number of furan rings is 1. The molecule has 0 spiro atoms. The smallest absolute Gasteiger partial charge is 0.330 e. The quantitative estimate of drug-likeness (QED) is 0.716. The number of amides is 2. The van der Waals surface area contributed by atoms with Crippen molar-refractivity contribution < 1.29 is 23.5 Å². The molecule has 0 radical (unpaired) electrons. The van der Waals surface area contributed by atoms with E-state index in [9.17, 15) is 14.4 Å². The second-order valence-electron chi connectivity index (χ2n) is 7.09. The van der Waals surface area contributed by atoms with Crippen molar-refractivity contribution in [2.24, 2.45) is 0 Å². The summed E-state index contributed by atoms with van der Waals surface area (Å²) in [5.41, 5.74) is 1.97. The van der Waals surface area contributed by atoms with Crippen LogP contribution in [-0.4, -0.2) is 47.1 Å². The highest BCUT2D eigenvalue weighted by Crippen LogP contribution is 2.42. The lowest BCUT2D eigenvalue weighted by atomic mass is 10.2. The van der Waals surface area contributed by atoms with Crippen molar-refractivity contribution in [3.8, 4) is 0 Å². The minimum Gasteiger partial charge on any atom is -0.466 e. The van der Waals surface area contributed by atoms with E-state index >= 15 is 0 Å². The van der Waals surface area contributed by atoms with E-state index in [4.69, 9.17) is 9.15 Å². The molecule has 0 unspecified atom stereocenters. The first-order valence-electron chi connectivity index (χ1n) is 9.51. The van der Waals surface area contributed by atoms with Crippen LogP contribution in [0.4, 0.5) is 5.69 Å². The summed E-state index contributed by atoms with van der Waals surface area (Å²) in [6.07, 6.45) is 1.38. The van der Waals surface area contributed by atoms with Gasteiger partial charge in [0.15, 0.2) is 6.10 Å². The Labute approximate surface area is 173 Å². The Hall–Kier alpha value is -2.74. The molecule has 3 atom stereocenters. The zero-order chi connectivity index (χ0) is 20.5. The molecule has 1 fully saturated rings. The van der Waals surface area contributed by atoms with Crippen LogP contribution in [0.15, 0.2) is 47.1 Å². The van der Waals surface area contributed by atoms with Gasteiger partial charge in [-0.15, -0.1) is 11.8 Å². The maximum atomic E-state index is 12.9. The van der Waals surface area contributed by atoms with Gasteiger partial charge in [0.05, 0.1) is 6.26 Å². The molecule has 4 rings (SSSR count). The van der Waals surface area contributed by atoms with Crippen molar-refractivity contribution in [2.75, 3.05) is 17.2 Å². The number of fused-ring (bicyclic) bond motifs is 1. The van der Waals surface area contributed by atoms with Crippen molar-refractivity contribution in [1.82, 2.24) is 4.90 Å². The fourth-order valence-electron chi connectivity index (χ4n) is 3.81. The van der Waals surface area contributed by atoms with Gasteiger partial charge < -0.3 is 19.0 Å². The number of hydrogen-bond donors (Lipinski definition) is 0. The third-order valence-corrected chi connectivity index (χ3v) is 6.50. The van der Waals surface area contributed by atoms with E-state index in [1.165, 1.54) is 29.8 Å². The molecule has 2 aliphatic rings. The molecule has 7 nitrogen and oxygen atoms in total. The summed E-state index contributed by atoms with van der Waals surface area (Å²) in [6, 6.07) is 10.5. The van der Waals surface area contributed by atoms with Gasteiger partial charge in [-0.1, -0.05) is 18.2 Å². The molecule has 0 saturated carbocycles. The third kappa shape index (κ3) is 3.64. The van der Waals surface area contributed by atoms with E-state index in [0.717, 1.165) is 17.7 Å². The number of thioether (sulfide) groups is 1. The molecule has 1 aromatic carbocycles. The Morgan fingerprint density at radius 2 is 2.00 bits per heavy atom. The summed E-state index contributed by atoms with van der Waals surface area (Å²) in [5.74, 6) is -0.0814. The van der Waals surface area contributed by atoms with Crippen LogP contribution >= 0.6 is 11.8 Å². The number of nitrogens with zero attached hydrogens (tertiary/aromatic N) is 2. The molecule has 0 bridgehead atoms. The lowest BCUT2D eigenvalue weighted by molar-refractivity contribution is -0.160. The highest BCUT2D eigenvalue weighted by atomic mass is 32.2. The summed E-state index contributed by atoms with van der Waals surface area (Å²) in [5, 5.41) is -0.378. The van der Waals surface area contributed by atoms with Gasteiger partial charge in [-0.05, 0) is 37.1 Å². The molecule has 3 heterocycles. The minimum atomic E-state index is -0.935. The first-order valence-corrected chi connectivity index (χ1v) is 10.6. The Morgan fingerprint density at radius 1 is 1.21 bits per heavy atom. The summed E-state index contributed by atoms with van der Waals surface area (Å²) >= 11 is 1.44. The van der Waals surface area contributed by atoms with Crippen molar-refractivity contribution in [1.29, 1.82) is 0 Å². The highest BCUT2D eigenvalue weighted by molar-refractivity contribution is 7.99. The van der Waals surface area contributed by atoms with Crippen molar-refractivity contribution in [3.05, 3.63) is 54.0 Å². The predicted molar refractivity (Wildman–Crippen MR) is 108 cm³/mol. The lowest BCUT2D eigenvalue weighted by Gasteiger charge is -2.27. The molecule has 152 valence electrons. The molecule has 2 aliphatic heterocycles. The van der Waals surface area contributed by atoms with Gasteiger partial charge >= 0.3 is 5.97 Å². The number of anilines is 1. The second-order valence-corrected chi connectivity index (χ2v) is 8.20. The summed E-state index contributed by atoms with van der Waals surface area (Å²) in [6.45, 7) is 3.56. The largest absolute Gasteiger partial charge is 0.466 e. The van der Waals surface area contributed by atoms with Crippen LogP contribution in [-0.2, 0) is 25.5 Å². The van der Waals surface area contributed by atoms with Gasteiger partial charge in [-0.3, -0.25) is 9.59 Å². The Balaban J connectivity index is 1.45. The van der Waals surface area contributed by atoms with E-state index in [0.29, 0.717) is 18.1 Å². The maximum Gasteiger partial charge on any atom is 0.330 e. The summed E-state index contributed by atoms with van der Waals surface area (Å²) in [4.78, 5) is 41.0. The number of ether oxygens (including phenoxy) is 1. The zero-order valence-electron chi connectivity index (χ0n) is 16.2. The van der Waals surface area contributed by atoms with Crippen LogP contribution in [0.5, 0.6) is 0 Å². The number of carbonyl (C=O) groups is 3. The van der Waals surface area contributed by atoms with Crippen molar-refractivity contribution >= 4 is 35.2 Å². The van der Waals surface area contributed by atoms with Gasteiger partial charge in [-0.2, -0.15) is 0 Å². The monoisotopic (exact) mass is 414 g/mol. The van der Waals surface area contributed by atoms with Crippen molar-refractivity contribution in [2.45, 2.75) is 37.8 Å². The third-order valence-electron chi connectivity index (χ3n) is 5.22. The fourth-order valence-corrected chi connectivity index (χ4v) is 5.23. The van der Waals surface area contributed by atoms with Gasteiger partial charge in [0.2, 0.25) is 5.91 Å². The van der Waals surface area contributed by atoms with Crippen LogP contribution in [0.1, 0.15) is 30.5 Å².